The summed E-state index contributed by atoms with van der Waals surface area (Å²) in [5.41, 5.74) is 8.76. The third-order valence-corrected chi connectivity index (χ3v) is 4.95. The van der Waals surface area contributed by atoms with Crippen molar-refractivity contribution in [2.24, 2.45) is 0 Å². The van der Waals surface area contributed by atoms with Crippen LogP contribution in [0.4, 0.5) is 5.69 Å². The fraction of sp³-hybridized carbons (Fsp3) is 0.267. The molecule has 6 heteroatoms. The topological polar surface area (TPSA) is 85.1 Å². The van der Waals surface area contributed by atoms with Crippen LogP contribution in [0.3, 0.4) is 0 Å². The number of nitrogen functional groups attached to an aromatic ring is 1. The maximum Gasteiger partial charge on any atom is 0.240 e. The molecule has 1 aromatic carbocycles. The Balaban J connectivity index is 2.12. The molecule has 0 atom stereocenters. The van der Waals surface area contributed by atoms with Crippen molar-refractivity contribution in [3.63, 3.8) is 0 Å². The van der Waals surface area contributed by atoms with Crippen LogP contribution in [0.15, 0.2) is 41.6 Å². The fourth-order valence-corrected chi connectivity index (χ4v) is 3.47. The van der Waals surface area contributed by atoms with Crippen LogP contribution in [0.5, 0.6) is 0 Å². The van der Waals surface area contributed by atoms with Crippen LogP contribution in [0.25, 0.3) is 0 Å². The Hall–Kier alpha value is -1.92. The van der Waals surface area contributed by atoms with Gasteiger partial charge in [-0.05, 0) is 55.2 Å². The lowest BCUT2D eigenvalue weighted by molar-refractivity contribution is 0.581. The molecule has 0 unspecified atom stereocenters. The summed E-state index contributed by atoms with van der Waals surface area (Å²) in [6.45, 7) is 3.95. The predicted molar refractivity (Wildman–Crippen MR) is 83.5 cm³/mol. The highest BCUT2D eigenvalue weighted by molar-refractivity contribution is 7.89. The number of pyridine rings is 1. The van der Waals surface area contributed by atoms with E-state index in [4.69, 9.17) is 5.73 Å². The zero-order chi connectivity index (χ0) is 15.5. The molecule has 1 heterocycles. The standard InChI is InChI=1S/C15H19N3O2S/c1-11-8-14(16)9-15(12(11)2)21(19,20)18-7-5-13-4-3-6-17-10-13/h3-4,6,8-10,18H,5,7,16H2,1-2H3. The number of nitrogens with two attached hydrogens (primary N) is 1. The van der Waals surface area contributed by atoms with Gasteiger partial charge in [0.2, 0.25) is 10.0 Å². The van der Waals surface area contributed by atoms with Crippen molar-refractivity contribution in [3.05, 3.63) is 53.3 Å². The van der Waals surface area contributed by atoms with Crippen molar-refractivity contribution in [3.8, 4) is 0 Å². The van der Waals surface area contributed by atoms with Crippen LogP contribution in [0, 0.1) is 13.8 Å². The Morgan fingerprint density at radius 3 is 2.71 bits per heavy atom. The highest BCUT2D eigenvalue weighted by atomic mass is 32.2. The molecule has 21 heavy (non-hydrogen) atoms. The minimum absolute atomic E-state index is 0.242. The predicted octanol–water partition coefficient (Wildman–Crippen LogP) is 1.80. The van der Waals surface area contributed by atoms with Gasteiger partial charge in [-0.15, -0.1) is 0 Å². The van der Waals surface area contributed by atoms with E-state index in [0.29, 0.717) is 18.7 Å². The molecule has 0 amide bonds. The van der Waals surface area contributed by atoms with Gasteiger partial charge >= 0.3 is 0 Å². The molecule has 5 nitrogen and oxygen atoms in total. The molecule has 2 aromatic rings. The molecule has 2 rings (SSSR count). The van der Waals surface area contributed by atoms with E-state index in [0.717, 1.165) is 16.7 Å². The monoisotopic (exact) mass is 305 g/mol. The summed E-state index contributed by atoms with van der Waals surface area (Å²) in [5, 5.41) is 0. The maximum absolute atomic E-state index is 12.4. The summed E-state index contributed by atoms with van der Waals surface area (Å²) in [6, 6.07) is 7.01. The average Bonchev–Trinajstić information content (AvgIpc) is 2.43. The first-order valence-corrected chi connectivity index (χ1v) is 8.14. The van der Waals surface area contributed by atoms with Crippen LogP contribution in [-0.2, 0) is 16.4 Å². The van der Waals surface area contributed by atoms with Crippen molar-refractivity contribution >= 4 is 15.7 Å². The van der Waals surface area contributed by atoms with Gasteiger partial charge in [-0.3, -0.25) is 4.98 Å². The van der Waals surface area contributed by atoms with Gasteiger partial charge in [0.1, 0.15) is 0 Å². The van der Waals surface area contributed by atoms with E-state index in [1.807, 2.05) is 19.1 Å². The number of nitrogens with one attached hydrogen (secondary N) is 1. The molecule has 0 fully saturated rings. The van der Waals surface area contributed by atoms with Gasteiger partial charge in [0, 0.05) is 24.6 Å². The molecule has 0 saturated heterocycles. The van der Waals surface area contributed by atoms with E-state index in [1.165, 1.54) is 6.07 Å². The van der Waals surface area contributed by atoms with Crippen LogP contribution in [0.2, 0.25) is 0 Å². The normalized spacial score (nSPS) is 11.5. The van der Waals surface area contributed by atoms with Crippen LogP contribution < -0.4 is 10.5 Å². The van der Waals surface area contributed by atoms with E-state index < -0.39 is 10.0 Å². The molecular weight excluding hydrogens is 286 g/mol. The summed E-state index contributed by atoms with van der Waals surface area (Å²) in [7, 11) is -3.56. The zero-order valence-electron chi connectivity index (χ0n) is 12.1. The lowest BCUT2D eigenvalue weighted by atomic mass is 10.1. The average molecular weight is 305 g/mol. The molecule has 0 saturated carbocycles. The number of nitrogens with zero attached hydrogens (tertiary/aromatic N) is 1. The van der Waals surface area contributed by atoms with Gasteiger partial charge in [-0.25, -0.2) is 13.1 Å². The van der Waals surface area contributed by atoms with Crippen molar-refractivity contribution in [2.75, 3.05) is 12.3 Å². The molecule has 0 spiro atoms. The summed E-state index contributed by atoms with van der Waals surface area (Å²) in [5.74, 6) is 0. The third-order valence-electron chi connectivity index (χ3n) is 3.36. The minimum atomic E-state index is -3.56. The Bertz CT molecular complexity index is 728. The third kappa shape index (κ3) is 3.80. The summed E-state index contributed by atoms with van der Waals surface area (Å²) in [6.07, 6.45) is 4.00. The maximum atomic E-state index is 12.4. The van der Waals surface area contributed by atoms with Crippen molar-refractivity contribution in [2.45, 2.75) is 25.2 Å². The van der Waals surface area contributed by atoms with Gasteiger partial charge in [0.25, 0.3) is 0 Å². The molecule has 0 bridgehead atoms. The van der Waals surface area contributed by atoms with Crippen molar-refractivity contribution in [1.82, 2.24) is 9.71 Å². The fourth-order valence-electron chi connectivity index (χ4n) is 2.09. The number of aromatic nitrogens is 1. The van der Waals surface area contributed by atoms with Crippen LogP contribution >= 0.6 is 0 Å². The zero-order valence-corrected chi connectivity index (χ0v) is 12.9. The quantitative estimate of drug-likeness (QED) is 0.825. The van der Waals surface area contributed by atoms with Crippen molar-refractivity contribution < 1.29 is 8.42 Å². The summed E-state index contributed by atoms with van der Waals surface area (Å²) >= 11 is 0. The minimum Gasteiger partial charge on any atom is -0.399 e. The second-order valence-corrected chi connectivity index (χ2v) is 6.71. The molecule has 0 aliphatic carbocycles. The van der Waals surface area contributed by atoms with Gasteiger partial charge in [0.05, 0.1) is 4.90 Å². The largest absolute Gasteiger partial charge is 0.399 e. The first-order valence-electron chi connectivity index (χ1n) is 6.65. The first-order chi connectivity index (χ1) is 9.90. The van der Waals surface area contributed by atoms with Gasteiger partial charge in [0.15, 0.2) is 0 Å². The second kappa shape index (κ2) is 6.24. The number of sulfonamides is 1. The Morgan fingerprint density at radius 1 is 1.29 bits per heavy atom. The second-order valence-electron chi connectivity index (χ2n) is 4.97. The van der Waals surface area contributed by atoms with Crippen LogP contribution in [0.1, 0.15) is 16.7 Å². The Labute approximate surface area is 125 Å². The van der Waals surface area contributed by atoms with Crippen molar-refractivity contribution in [1.29, 1.82) is 0 Å². The lowest BCUT2D eigenvalue weighted by Gasteiger charge is -2.12. The Kier molecular flexibility index (Phi) is 4.59. The number of hydrogen-bond donors (Lipinski definition) is 2. The SMILES string of the molecule is Cc1cc(N)cc(S(=O)(=O)NCCc2cccnc2)c1C. The van der Waals surface area contributed by atoms with Crippen LogP contribution in [-0.4, -0.2) is 19.9 Å². The molecule has 112 valence electrons. The number of aryl methyl sites for hydroxylation is 1. The van der Waals surface area contributed by atoms with Gasteiger partial charge in [-0.2, -0.15) is 0 Å². The summed E-state index contributed by atoms with van der Waals surface area (Å²) in [4.78, 5) is 4.24. The van der Waals surface area contributed by atoms with E-state index in [1.54, 1.807) is 25.4 Å². The number of hydrogen-bond acceptors (Lipinski definition) is 4. The van der Waals surface area contributed by atoms with E-state index in [2.05, 4.69) is 9.71 Å². The number of benzene rings is 1. The van der Waals surface area contributed by atoms with Gasteiger partial charge < -0.3 is 5.73 Å². The molecule has 0 aliphatic rings. The highest BCUT2D eigenvalue weighted by Crippen LogP contribution is 2.22. The Morgan fingerprint density at radius 2 is 2.05 bits per heavy atom. The molecule has 1 aromatic heterocycles. The smallest absolute Gasteiger partial charge is 0.240 e. The van der Waals surface area contributed by atoms with E-state index in [9.17, 15) is 8.42 Å². The first kappa shape index (κ1) is 15.5. The number of rotatable bonds is 5. The molecule has 0 radical (unpaired) electrons. The summed E-state index contributed by atoms with van der Waals surface area (Å²) < 4.78 is 27.3. The van der Waals surface area contributed by atoms with E-state index >= 15 is 0 Å². The van der Waals surface area contributed by atoms with E-state index in [-0.39, 0.29) is 4.90 Å². The molecular formula is C15H19N3O2S. The molecule has 3 N–H and O–H groups in total. The number of anilines is 1. The highest BCUT2D eigenvalue weighted by Gasteiger charge is 2.18. The molecule has 0 aliphatic heterocycles. The lowest BCUT2D eigenvalue weighted by Crippen LogP contribution is -2.27. The van der Waals surface area contributed by atoms with Gasteiger partial charge in [-0.1, -0.05) is 6.07 Å².